The molecule has 0 fully saturated rings. The molecule has 136 valence electrons. The molecule has 1 N–H and O–H groups in total. The van der Waals surface area contributed by atoms with Crippen LogP contribution in [0.25, 0.3) is 22.4 Å². The molecule has 8 heteroatoms. The van der Waals surface area contributed by atoms with E-state index in [2.05, 4.69) is 20.6 Å². The van der Waals surface area contributed by atoms with Gasteiger partial charge in [-0.25, -0.2) is 0 Å². The number of ether oxygens (including phenoxy) is 1. The Bertz CT molecular complexity index is 1130. The summed E-state index contributed by atoms with van der Waals surface area (Å²) in [4.78, 5) is 12.7. The van der Waals surface area contributed by atoms with Gasteiger partial charge in [0, 0.05) is 12.7 Å². The van der Waals surface area contributed by atoms with Gasteiger partial charge >= 0.3 is 6.01 Å². The van der Waals surface area contributed by atoms with E-state index in [1.54, 1.807) is 10.7 Å². The number of carbonyl (C=O) groups excluding carboxylic acids is 1. The number of anilines is 1. The van der Waals surface area contributed by atoms with Gasteiger partial charge < -0.3 is 9.15 Å². The normalized spacial score (nSPS) is 10.9. The van der Waals surface area contributed by atoms with Crippen molar-refractivity contribution in [2.45, 2.75) is 6.92 Å². The van der Waals surface area contributed by atoms with Crippen molar-refractivity contribution in [1.29, 1.82) is 0 Å². The highest BCUT2D eigenvalue weighted by Crippen LogP contribution is 2.27. The number of fused-ring (bicyclic) bond motifs is 1. The van der Waals surface area contributed by atoms with E-state index in [0.29, 0.717) is 17.0 Å². The van der Waals surface area contributed by atoms with E-state index in [9.17, 15) is 4.79 Å². The minimum absolute atomic E-state index is 0.00600. The predicted octanol–water partition coefficient (Wildman–Crippen LogP) is 3.19. The Morgan fingerprint density at radius 3 is 2.56 bits per heavy atom. The molecule has 0 saturated heterocycles. The summed E-state index contributed by atoms with van der Waals surface area (Å²) in [7, 11) is 3.35. The molecule has 4 aromatic rings. The molecule has 27 heavy (non-hydrogen) atoms. The molecule has 0 spiro atoms. The van der Waals surface area contributed by atoms with Gasteiger partial charge in [0.2, 0.25) is 0 Å². The van der Waals surface area contributed by atoms with Crippen molar-refractivity contribution in [1.82, 2.24) is 20.0 Å². The molecule has 0 bridgehead atoms. The monoisotopic (exact) mass is 363 g/mol. The van der Waals surface area contributed by atoms with Crippen LogP contribution in [0.1, 0.15) is 16.1 Å². The van der Waals surface area contributed by atoms with E-state index in [-0.39, 0.29) is 11.9 Å². The van der Waals surface area contributed by atoms with Crippen LogP contribution in [0, 0.1) is 6.92 Å². The zero-order valence-corrected chi connectivity index (χ0v) is 15.1. The van der Waals surface area contributed by atoms with E-state index in [1.807, 2.05) is 50.4 Å². The van der Waals surface area contributed by atoms with Crippen LogP contribution < -0.4 is 10.1 Å². The van der Waals surface area contributed by atoms with Gasteiger partial charge in [0.1, 0.15) is 11.4 Å². The molecule has 0 aliphatic rings. The van der Waals surface area contributed by atoms with Crippen molar-refractivity contribution in [3.05, 3.63) is 53.7 Å². The van der Waals surface area contributed by atoms with Crippen molar-refractivity contribution >= 4 is 22.7 Å². The third-order valence-corrected chi connectivity index (χ3v) is 4.29. The fourth-order valence-electron chi connectivity index (χ4n) is 2.77. The molecule has 2 heterocycles. The summed E-state index contributed by atoms with van der Waals surface area (Å²) in [6, 6.07) is 13.1. The fraction of sp³-hybridized carbons (Fsp3) is 0.158. The summed E-state index contributed by atoms with van der Waals surface area (Å²) in [5.41, 5.74) is 1.88. The first-order chi connectivity index (χ1) is 13.0. The van der Waals surface area contributed by atoms with Gasteiger partial charge in [0.25, 0.3) is 11.8 Å². The Balaban J connectivity index is 1.62. The maximum Gasteiger partial charge on any atom is 0.322 e. The maximum atomic E-state index is 12.7. The summed E-state index contributed by atoms with van der Waals surface area (Å²) < 4.78 is 12.6. The second-order valence-corrected chi connectivity index (χ2v) is 6.06. The zero-order valence-electron chi connectivity index (χ0n) is 15.1. The van der Waals surface area contributed by atoms with Gasteiger partial charge in [-0.3, -0.25) is 14.8 Å². The van der Waals surface area contributed by atoms with Crippen LogP contribution in [0.5, 0.6) is 5.75 Å². The number of nitrogens with one attached hydrogen (secondary N) is 1. The Morgan fingerprint density at radius 2 is 1.89 bits per heavy atom. The smallest absolute Gasteiger partial charge is 0.322 e. The second kappa shape index (κ2) is 6.56. The lowest BCUT2D eigenvalue weighted by atomic mass is 10.1. The third kappa shape index (κ3) is 3.12. The molecule has 2 aromatic carbocycles. The highest BCUT2D eigenvalue weighted by Gasteiger charge is 2.18. The molecule has 0 radical (unpaired) electrons. The zero-order chi connectivity index (χ0) is 19.0. The standard InChI is InChI=1S/C19H17N5O3/c1-11-8-15(23-24(11)2)18-21-22-19(27-18)20-17(25)14-9-12-6-4-5-7-13(12)10-16(14)26-3/h4-10H,1-3H3,(H,20,22,25). The highest BCUT2D eigenvalue weighted by atomic mass is 16.5. The van der Waals surface area contributed by atoms with Gasteiger partial charge in [0.05, 0.1) is 12.7 Å². The predicted molar refractivity (Wildman–Crippen MR) is 99.7 cm³/mol. The lowest BCUT2D eigenvalue weighted by Crippen LogP contribution is -2.13. The number of hydrogen-bond acceptors (Lipinski definition) is 6. The lowest BCUT2D eigenvalue weighted by Gasteiger charge is -2.09. The van der Waals surface area contributed by atoms with Crippen molar-refractivity contribution in [2.75, 3.05) is 12.4 Å². The van der Waals surface area contributed by atoms with Gasteiger partial charge in [-0.05, 0) is 35.9 Å². The first-order valence-electron chi connectivity index (χ1n) is 8.28. The van der Waals surface area contributed by atoms with Gasteiger partial charge in [-0.1, -0.05) is 29.4 Å². The summed E-state index contributed by atoms with van der Waals surface area (Å²) in [5.74, 6) is 0.302. The average molecular weight is 363 g/mol. The first-order valence-corrected chi connectivity index (χ1v) is 8.28. The molecule has 0 aliphatic heterocycles. The van der Waals surface area contributed by atoms with Crippen LogP contribution in [0.15, 0.2) is 46.9 Å². The van der Waals surface area contributed by atoms with Crippen LogP contribution in [0.3, 0.4) is 0 Å². The number of amides is 1. The average Bonchev–Trinajstić information content (AvgIpc) is 3.27. The first kappa shape index (κ1) is 16.8. The minimum atomic E-state index is -0.398. The Morgan fingerprint density at radius 1 is 1.15 bits per heavy atom. The summed E-state index contributed by atoms with van der Waals surface area (Å²) in [5, 5.41) is 16.6. The molecular formula is C19H17N5O3. The number of nitrogens with zero attached hydrogens (tertiary/aromatic N) is 4. The van der Waals surface area contributed by atoms with E-state index in [1.165, 1.54) is 7.11 Å². The number of benzene rings is 2. The largest absolute Gasteiger partial charge is 0.496 e. The number of carbonyl (C=O) groups is 1. The van der Waals surface area contributed by atoms with Crippen LogP contribution in [0.2, 0.25) is 0 Å². The van der Waals surface area contributed by atoms with Crippen LogP contribution in [-0.2, 0) is 7.05 Å². The number of methoxy groups -OCH3 is 1. The molecule has 0 aliphatic carbocycles. The van der Waals surface area contributed by atoms with Crippen molar-refractivity contribution in [2.24, 2.45) is 7.05 Å². The van der Waals surface area contributed by atoms with Crippen LogP contribution in [-0.4, -0.2) is 33.0 Å². The van der Waals surface area contributed by atoms with Crippen molar-refractivity contribution < 1.29 is 13.9 Å². The van der Waals surface area contributed by atoms with Crippen molar-refractivity contribution in [3.8, 4) is 17.3 Å². The van der Waals surface area contributed by atoms with Crippen LogP contribution in [0.4, 0.5) is 6.01 Å². The van der Waals surface area contributed by atoms with E-state index < -0.39 is 5.91 Å². The lowest BCUT2D eigenvalue weighted by molar-refractivity contribution is 0.102. The second-order valence-electron chi connectivity index (χ2n) is 6.06. The van der Waals surface area contributed by atoms with E-state index in [4.69, 9.17) is 9.15 Å². The van der Waals surface area contributed by atoms with Gasteiger partial charge in [-0.15, -0.1) is 5.10 Å². The molecule has 2 aromatic heterocycles. The molecule has 0 atom stereocenters. The van der Waals surface area contributed by atoms with Gasteiger partial charge in [0.15, 0.2) is 0 Å². The molecular weight excluding hydrogens is 346 g/mol. The number of hydrogen-bond donors (Lipinski definition) is 1. The van der Waals surface area contributed by atoms with Gasteiger partial charge in [-0.2, -0.15) is 5.10 Å². The Kier molecular flexibility index (Phi) is 4.08. The third-order valence-electron chi connectivity index (χ3n) is 4.29. The van der Waals surface area contributed by atoms with E-state index in [0.717, 1.165) is 16.5 Å². The summed E-state index contributed by atoms with van der Waals surface area (Å²) >= 11 is 0. The summed E-state index contributed by atoms with van der Waals surface area (Å²) in [6.45, 7) is 1.92. The molecule has 0 unspecified atom stereocenters. The topological polar surface area (TPSA) is 95.1 Å². The minimum Gasteiger partial charge on any atom is -0.496 e. The van der Waals surface area contributed by atoms with Crippen molar-refractivity contribution in [3.63, 3.8) is 0 Å². The summed E-state index contributed by atoms with van der Waals surface area (Å²) in [6.07, 6.45) is 0. The Hall–Kier alpha value is -3.68. The SMILES string of the molecule is COc1cc2ccccc2cc1C(=O)Nc1nnc(-c2cc(C)n(C)n2)o1. The fourth-order valence-corrected chi connectivity index (χ4v) is 2.77. The molecule has 4 rings (SSSR count). The number of aromatic nitrogens is 4. The maximum absolute atomic E-state index is 12.7. The number of rotatable bonds is 4. The number of aryl methyl sites for hydroxylation is 2. The quantitative estimate of drug-likeness (QED) is 0.598. The highest BCUT2D eigenvalue weighted by molar-refractivity contribution is 6.07. The molecule has 8 nitrogen and oxygen atoms in total. The molecule has 0 saturated carbocycles. The molecule has 1 amide bonds. The van der Waals surface area contributed by atoms with Crippen LogP contribution >= 0.6 is 0 Å². The van der Waals surface area contributed by atoms with E-state index >= 15 is 0 Å². The Labute approximate surface area is 154 Å².